The molecule has 1 aromatic carbocycles. The summed E-state index contributed by atoms with van der Waals surface area (Å²) in [5.74, 6) is 1.21. The van der Waals surface area contributed by atoms with Crippen LogP contribution in [-0.4, -0.2) is 23.6 Å². The number of ether oxygens (including phenoxy) is 1. The highest BCUT2D eigenvalue weighted by molar-refractivity contribution is 7.98. The lowest BCUT2D eigenvalue weighted by Crippen LogP contribution is -1.87. The molecule has 0 radical (unpaired) electrons. The molecule has 5 heteroatoms. The zero-order valence-electron chi connectivity index (χ0n) is 8.43. The molecule has 2 aromatic rings. The van der Waals surface area contributed by atoms with Crippen LogP contribution in [0.2, 0.25) is 0 Å². The zero-order chi connectivity index (χ0) is 10.7. The summed E-state index contributed by atoms with van der Waals surface area (Å²) < 4.78 is 10.6. The van der Waals surface area contributed by atoms with Crippen LogP contribution in [0.4, 0.5) is 0 Å². The van der Waals surface area contributed by atoms with Crippen LogP contribution < -0.4 is 4.74 Å². The molecule has 0 aliphatic carbocycles. The minimum Gasteiger partial charge on any atom is -0.496 e. The third-order valence-corrected chi connectivity index (χ3v) is 2.43. The predicted molar refractivity (Wildman–Crippen MR) is 58.1 cm³/mol. The Morgan fingerprint density at radius 1 is 1.27 bits per heavy atom. The molecule has 0 aliphatic rings. The molecule has 0 saturated heterocycles. The van der Waals surface area contributed by atoms with Crippen molar-refractivity contribution in [2.24, 2.45) is 0 Å². The molecule has 0 bridgehead atoms. The molecule has 0 atom stereocenters. The SMILES string of the molecule is COc1ccccc1-c1nnc(SC)o1. The number of hydrogen-bond acceptors (Lipinski definition) is 5. The van der Waals surface area contributed by atoms with E-state index in [2.05, 4.69) is 10.2 Å². The Morgan fingerprint density at radius 3 is 2.73 bits per heavy atom. The Hall–Kier alpha value is -1.49. The largest absolute Gasteiger partial charge is 0.496 e. The number of nitrogens with zero attached hydrogens (tertiary/aromatic N) is 2. The summed E-state index contributed by atoms with van der Waals surface area (Å²) in [5.41, 5.74) is 0.813. The number of rotatable bonds is 3. The quantitative estimate of drug-likeness (QED) is 0.746. The fourth-order valence-electron chi connectivity index (χ4n) is 1.22. The fourth-order valence-corrected chi connectivity index (χ4v) is 1.51. The van der Waals surface area contributed by atoms with E-state index in [1.807, 2.05) is 30.5 Å². The average Bonchev–Trinajstić information content (AvgIpc) is 2.77. The minimum absolute atomic E-state index is 0.483. The maximum absolute atomic E-state index is 5.42. The van der Waals surface area contributed by atoms with Crippen molar-refractivity contribution in [3.05, 3.63) is 24.3 Å². The van der Waals surface area contributed by atoms with Gasteiger partial charge in [0.2, 0.25) is 0 Å². The van der Waals surface area contributed by atoms with Crippen molar-refractivity contribution in [2.45, 2.75) is 5.22 Å². The topological polar surface area (TPSA) is 48.2 Å². The average molecular weight is 222 g/mol. The van der Waals surface area contributed by atoms with Gasteiger partial charge in [-0.3, -0.25) is 0 Å². The van der Waals surface area contributed by atoms with E-state index in [-0.39, 0.29) is 0 Å². The van der Waals surface area contributed by atoms with E-state index in [1.54, 1.807) is 7.11 Å². The van der Waals surface area contributed by atoms with Gasteiger partial charge in [0.05, 0.1) is 12.7 Å². The van der Waals surface area contributed by atoms with E-state index in [0.717, 1.165) is 11.3 Å². The molecule has 0 spiro atoms. The van der Waals surface area contributed by atoms with E-state index in [0.29, 0.717) is 11.1 Å². The molecular weight excluding hydrogens is 212 g/mol. The van der Waals surface area contributed by atoms with Gasteiger partial charge in [0.25, 0.3) is 11.1 Å². The standard InChI is InChI=1S/C10H10N2O2S/c1-13-8-6-4-3-5-7(8)9-11-12-10(14-9)15-2/h3-6H,1-2H3. The Labute approximate surface area is 91.7 Å². The highest BCUT2D eigenvalue weighted by Gasteiger charge is 2.11. The van der Waals surface area contributed by atoms with Gasteiger partial charge in [0, 0.05) is 0 Å². The first-order valence-corrected chi connectivity index (χ1v) is 5.58. The van der Waals surface area contributed by atoms with Gasteiger partial charge in [-0.1, -0.05) is 23.9 Å². The summed E-state index contributed by atoms with van der Waals surface area (Å²) in [7, 11) is 1.62. The number of para-hydroxylation sites is 1. The van der Waals surface area contributed by atoms with E-state index >= 15 is 0 Å². The molecule has 2 rings (SSSR count). The molecular formula is C10H10N2O2S. The smallest absolute Gasteiger partial charge is 0.276 e. The van der Waals surface area contributed by atoms with Crippen molar-refractivity contribution < 1.29 is 9.15 Å². The fraction of sp³-hybridized carbons (Fsp3) is 0.200. The lowest BCUT2D eigenvalue weighted by atomic mass is 10.2. The summed E-state index contributed by atoms with van der Waals surface area (Å²) in [6.07, 6.45) is 1.89. The predicted octanol–water partition coefficient (Wildman–Crippen LogP) is 2.47. The molecule has 0 fully saturated rings. The molecule has 0 amide bonds. The Balaban J connectivity index is 2.44. The van der Waals surface area contributed by atoms with Crippen LogP contribution in [0, 0.1) is 0 Å². The maximum Gasteiger partial charge on any atom is 0.276 e. The van der Waals surface area contributed by atoms with Crippen LogP contribution in [0.5, 0.6) is 5.75 Å². The first-order chi connectivity index (χ1) is 7.35. The van der Waals surface area contributed by atoms with Crippen LogP contribution in [0.15, 0.2) is 33.9 Å². The molecule has 15 heavy (non-hydrogen) atoms. The van der Waals surface area contributed by atoms with Gasteiger partial charge in [0.1, 0.15) is 5.75 Å². The van der Waals surface area contributed by atoms with Crippen LogP contribution in [-0.2, 0) is 0 Å². The lowest BCUT2D eigenvalue weighted by molar-refractivity contribution is 0.411. The van der Waals surface area contributed by atoms with E-state index in [1.165, 1.54) is 11.8 Å². The first-order valence-electron chi connectivity index (χ1n) is 4.36. The van der Waals surface area contributed by atoms with E-state index in [9.17, 15) is 0 Å². The van der Waals surface area contributed by atoms with Gasteiger partial charge in [-0.05, 0) is 18.4 Å². The Kier molecular flexibility index (Phi) is 2.91. The second kappa shape index (κ2) is 4.35. The van der Waals surface area contributed by atoms with Gasteiger partial charge in [-0.25, -0.2) is 0 Å². The van der Waals surface area contributed by atoms with E-state index < -0.39 is 0 Å². The number of methoxy groups -OCH3 is 1. The third-order valence-electron chi connectivity index (χ3n) is 1.92. The molecule has 0 N–H and O–H groups in total. The van der Waals surface area contributed by atoms with Gasteiger partial charge >= 0.3 is 0 Å². The summed E-state index contributed by atoms with van der Waals surface area (Å²) in [4.78, 5) is 0. The second-order valence-corrected chi connectivity index (χ2v) is 3.54. The highest BCUT2D eigenvalue weighted by atomic mass is 32.2. The third kappa shape index (κ3) is 1.97. The number of benzene rings is 1. The summed E-state index contributed by atoms with van der Waals surface area (Å²) in [6.45, 7) is 0. The van der Waals surface area contributed by atoms with Crippen LogP contribution in [0.1, 0.15) is 0 Å². The number of hydrogen-bond donors (Lipinski definition) is 0. The molecule has 78 valence electrons. The normalized spacial score (nSPS) is 10.3. The number of thioether (sulfide) groups is 1. The lowest BCUT2D eigenvalue weighted by Gasteiger charge is -2.02. The Morgan fingerprint density at radius 2 is 2.07 bits per heavy atom. The highest BCUT2D eigenvalue weighted by Crippen LogP contribution is 2.29. The monoisotopic (exact) mass is 222 g/mol. The first kappa shape index (κ1) is 10.0. The molecule has 4 nitrogen and oxygen atoms in total. The molecule has 0 unspecified atom stereocenters. The van der Waals surface area contributed by atoms with Gasteiger partial charge in [-0.15, -0.1) is 10.2 Å². The van der Waals surface area contributed by atoms with E-state index in [4.69, 9.17) is 9.15 Å². The summed E-state index contributed by atoms with van der Waals surface area (Å²) in [6, 6.07) is 7.55. The molecule has 0 saturated carbocycles. The van der Waals surface area contributed by atoms with Crippen LogP contribution >= 0.6 is 11.8 Å². The van der Waals surface area contributed by atoms with Crippen LogP contribution in [0.3, 0.4) is 0 Å². The zero-order valence-corrected chi connectivity index (χ0v) is 9.25. The Bertz CT molecular complexity index is 456. The minimum atomic E-state index is 0.483. The maximum atomic E-state index is 5.42. The van der Waals surface area contributed by atoms with Crippen molar-refractivity contribution in [2.75, 3.05) is 13.4 Å². The van der Waals surface area contributed by atoms with Crippen molar-refractivity contribution >= 4 is 11.8 Å². The molecule has 1 heterocycles. The van der Waals surface area contributed by atoms with Crippen molar-refractivity contribution in [1.29, 1.82) is 0 Å². The van der Waals surface area contributed by atoms with Gasteiger partial charge < -0.3 is 9.15 Å². The second-order valence-electron chi connectivity index (χ2n) is 2.78. The van der Waals surface area contributed by atoms with Crippen molar-refractivity contribution in [3.8, 4) is 17.2 Å². The number of aromatic nitrogens is 2. The van der Waals surface area contributed by atoms with Crippen LogP contribution in [0.25, 0.3) is 11.5 Å². The van der Waals surface area contributed by atoms with Gasteiger partial charge in [0.15, 0.2) is 0 Å². The molecule has 1 aromatic heterocycles. The van der Waals surface area contributed by atoms with Crippen molar-refractivity contribution in [1.82, 2.24) is 10.2 Å². The van der Waals surface area contributed by atoms with Crippen molar-refractivity contribution in [3.63, 3.8) is 0 Å². The summed E-state index contributed by atoms with van der Waals surface area (Å²) >= 11 is 1.42. The summed E-state index contributed by atoms with van der Waals surface area (Å²) in [5, 5.41) is 8.38. The van der Waals surface area contributed by atoms with Gasteiger partial charge in [-0.2, -0.15) is 0 Å². The molecule has 0 aliphatic heterocycles.